The van der Waals surface area contributed by atoms with E-state index in [4.69, 9.17) is 4.74 Å². The summed E-state index contributed by atoms with van der Waals surface area (Å²) in [5.74, 6) is -1.42. The molecule has 1 aromatic carbocycles. The van der Waals surface area contributed by atoms with E-state index < -0.39 is 39.9 Å². The minimum Gasteiger partial charge on any atom is -0.506 e. The number of carbonyl (C=O) groups is 1. The van der Waals surface area contributed by atoms with E-state index in [1.54, 1.807) is 4.72 Å². The number of aromatic hydroxyl groups is 1. The van der Waals surface area contributed by atoms with Crippen molar-refractivity contribution < 1.29 is 27.4 Å². The highest BCUT2D eigenvalue weighted by molar-refractivity contribution is 7.92. The number of aryl methyl sites for hydroxylation is 1. The van der Waals surface area contributed by atoms with E-state index in [1.165, 1.54) is 6.07 Å². The van der Waals surface area contributed by atoms with Gasteiger partial charge in [-0.1, -0.05) is 0 Å². The Morgan fingerprint density at radius 2 is 2.19 bits per heavy atom. The van der Waals surface area contributed by atoms with Crippen LogP contribution in [-0.2, 0) is 32.6 Å². The standard InChI is InChI=1S/C17H22FN3O5S/c18-16-13-6-12(19-4-3-10-8-26-9-10)2-1-11(13)5-14(22)17(16)21-7-15(23)20-27(21,24)25/h5,10,12,19,22H,1-4,6-9H2,(H,20,23). The van der Waals surface area contributed by atoms with Gasteiger partial charge in [-0.25, -0.2) is 13.4 Å². The first-order valence-electron chi connectivity index (χ1n) is 9.03. The van der Waals surface area contributed by atoms with Crippen molar-refractivity contribution in [3.05, 3.63) is 23.0 Å². The van der Waals surface area contributed by atoms with Crippen LogP contribution in [-0.4, -0.2) is 51.8 Å². The number of anilines is 1. The molecule has 8 nitrogen and oxygen atoms in total. The Morgan fingerprint density at radius 3 is 2.81 bits per heavy atom. The van der Waals surface area contributed by atoms with Crippen molar-refractivity contribution in [1.82, 2.24) is 10.0 Å². The van der Waals surface area contributed by atoms with Crippen LogP contribution in [0.2, 0.25) is 0 Å². The third-order valence-corrected chi connectivity index (χ3v) is 6.77. The van der Waals surface area contributed by atoms with Crippen LogP contribution in [0.3, 0.4) is 0 Å². The van der Waals surface area contributed by atoms with Crippen LogP contribution in [0.4, 0.5) is 10.1 Å². The van der Waals surface area contributed by atoms with Gasteiger partial charge in [0.25, 0.3) is 5.91 Å². The smallest absolute Gasteiger partial charge is 0.326 e. The Morgan fingerprint density at radius 1 is 1.41 bits per heavy atom. The fraction of sp³-hybridized carbons (Fsp3) is 0.588. The quantitative estimate of drug-likeness (QED) is 0.653. The van der Waals surface area contributed by atoms with Gasteiger partial charge in [-0.3, -0.25) is 4.79 Å². The van der Waals surface area contributed by atoms with Gasteiger partial charge < -0.3 is 15.2 Å². The Kier molecular flexibility index (Phi) is 4.73. The highest BCUT2D eigenvalue weighted by Gasteiger charge is 2.39. The summed E-state index contributed by atoms with van der Waals surface area (Å²) in [5, 5.41) is 13.6. The summed E-state index contributed by atoms with van der Waals surface area (Å²) >= 11 is 0. The van der Waals surface area contributed by atoms with E-state index in [2.05, 4.69) is 5.32 Å². The zero-order valence-electron chi connectivity index (χ0n) is 14.7. The number of rotatable bonds is 5. The summed E-state index contributed by atoms with van der Waals surface area (Å²) in [6.45, 7) is 1.86. The maximum absolute atomic E-state index is 15.2. The molecule has 0 aromatic heterocycles. The minimum atomic E-state index is -4.19. The number of fused-ring (bicyclic) bond motifs is 1. The van der Waals surface area contributed by atoms with E-state index >= 15 is 4.39 Å². The number of benzene rings is 1. The van der Waals surface area contributed by atoms with Gasteiger partial charge in [-0.15, -0.1) is 0 Å². The number of phenols is 1. The van der Waals surface area contributed by atoms with Gasteiger partial charge in [0.1, 0.15) is 18.0 Å². The zero-order chi connectivity index (χ0) is 19.2. The molecule has 2 saturated heterocycles. The number of phenolic OH excluding ortho intramolecular Hbond substituents is 1. The third-order valence-electron chi connectivity index (χ3n) is 5.39. The van der Waals surface area contributed by atoms with Gasteiger partial charge in [0.2, 0.25) is 0 Å². The monoisotopic (exact) mass is 399 g/mol. The lowest BCUT2D eigenvalue weighted by molar-refractivity contribution is -0.117. The van der Waals surface area contributed by atoms with Crippen molar-refractivity contribution in [2.75, 3.05) is 30.6 Å². The van der Waals surface area contributed by atoms with Gasteiger partial charge in [-0.2, -0.15) is 8.42 Å². The minimum absolute atomic E-state index is 0.0836. The topological polar surface area (TPSA) is 108 Å². The van der Waals surface area contributed by atoms with E-state index in [1.807, 2.05) is 0 Å². The molecule has 0 bridgehead atoms. The molecular weight excluding hydrogens is 377 g/mol. The first kappa shape index (κ1) is 18.5. The second-order valence-corrected chi connectivity index (χ2v) is 8.91. The van der Waals surface area contributed by atoms with Gasteiger partial charge in [0.15, 0.2) is 5.82 Å². The van der Waals surface area contributed by atoms with Crippen molar-refractivity contribution in [2.24, 2.45) is 5.92 Å². The van der Waals surface area contributed by atoms with Gasteiger partial charge in [-0.05, 0) is 49.4 Å². The Bertz CT molecular complexity index is 872. The van der Waals surface area contributed by atoms with E-state index in [-0.39, 0.29) is 6.04 Å². The van der Waals surface area contributed by atoms with Crippen LogP contribution in [0.15, 0.2) is 6.07 Å². The SMILES string of the molecule is O=C1CN(c2c(O)cc3c(c2F)CC(NCCC2COC2)CC3)S(=O)(=O)N1. The molecule has 1 aliphatic carbocycles. The lowest BCUT2D eigenvalue weighted by Crippen LogP contribution is -2.38. The number of hydrogen-bond acceptors (Lipinski definition) is 6. The molecule has 1 atom stereocenters. The lowest BCUT2D eigenvalue weighted by atomic mass is 9.87. The van der Waals surface area contributed by atoms with Gasteiger partial charge in [0.05, 0.1) is 13.2 Å². The molecule has 3 aliphatic rings. The van der Waals surface area contributed by atoms with Crippen molar-refractivity contribution in [1.29, 1.82) is 0 Å². The second kappa shape index (κ2) is 6.92. The molecule has 4 rings (SSSR count). The molecule has 10 heteroatoms. The summed E-state index contributed by atoms with van der Waals surface area (Å²) in [6.07, 6.45) is 2.82. The Labute approximate surface area is 156 Å². The number of carbonyl (C=O) groups excluding carboxylic acids is 1. The Balaban J connectivity index is 1.54. The molecular formula is C17H22FN3O5S. The maximum Gasteiger partial charge on any atom is 0.326 e. The molecule has 1 unspecified atom stereocenters. The van der Waals surface area contributed by atoms with Crippen molar-refractivity contribution in [3.63, 3.8) is 0 Å². The van der Waals surface area contributed by atoms with Gasteiger partial charge in [0, 0.05) is 12.0 Å². The van der Waals surface area contributed by atoms with Crippen LogP contribution < -0.4 is 14.3 Å². The predicted molar refractivity (Wildman–Crippen MR) is 95.2 cm³/mol. The van der Waals surface area contributed by atoms with Crippen LogP contribution in [0, 0.1) is 11.7 Å². The number of nitrogens with one attached hydrogen (secondary N) is 2. The Hall–Kier alpha value is -1.91. The molecule has 0 radical (unpaired) electrons. The average Bonchev–Trinajstić information content (AvgIpc) is 2.82. The molecule has 0 saturated carbocycles. The summed E-state index contributed by atoms with van der Waals surface area (Å²) in [5.41, 5.74) is 0.613. The first-order chi connectivity index (χ1) is 12.8. The normalized spacial score (nSPS) is 24.4. The van der Waals surface area contributed by atoms with E-state index in [0.717, 1.165) is 32.6 Å². The fourth-order valence-corrected chi connectivity index (χ4v) is 5.00. The third kappa shape index (κ3) is 3.48. The highest BCUT2D eigenvalue weighted by Crippen LogP contribution is 2.39. The largest absolute Gasteiger partial charge is 0.506 e. The molecule has 2 fully saturated rings. The summed E-state index contributed by atoms with van der Waals surface area (Å²) in [7, 11) is -4.19. The highest BCUT2D eigenvalue weighted by atomic mass is 32.2. The van der Waals surface area contributed by atoms with E-state index in [9.17, 15) is 18.3 Å². The van der Waals surface area contributed by atoms with Crippen LogP contribution >= 0.6 is 0 Å². The van der Waals surface area contributed by atoms with Crippen LogP contribution in [0.1, 0.15) is 24.0 Å². The summed E-state index contributed by atoms with van der Waals surface area (Å²) < 4.78 is 46.8. The zero-order valence-corrected chi connectivity index (χ0v) is 15.5. The summed E-state index contributed by atoms with van der Waals surface area (Å²) in [4.78, 5) is 11.5. The van der Waals surface area contributed by atoms with Crippen molar-refractivity contribution >= 4 is 21.8 Å². The molecule has 3 N–H and O–H groups in total. The molecule has 1 amide bonds. The maximum atomic E-state index is 15.2. The molecule has 148 valence electrons. The number of hydrogen-bond donors (Lipinski definition) is 3. The molecule has 2 aliphatic heterocycles. The molecule has 1 aromatic rings. The van der Waals surface area contributed by atoms with E-state index in [0.29, 0.717) is 34.2 Å². The second-order valence-electron chi connectivity index (χ2n) is 7.32. The predicted octanol–water partition coefficient (Wildman–Crippen LogP) is 0.196. The van der Waals surface area contributed by atoms with Crippen molar-refractivity contribution in [3.8, 4) is 5.75 Å². The molecule has 27 heavy (non-hydrogen) atoms. The number of ether oxygens (including phenoxy) is 1. The molecule has 2 heterocycles. The number of amides is 1. The van der Waals surface area contributed by atoms with Crippen molar-refractivity contribution in [2.45, 2.75) is 31.7 Å². The fourth-order valence-electron chi connectivity index (χ4n) is 3.84. The van der Waals surface area contributed by atoms with Crippen LogP contribution in [0.25, 0.3) is 0 Å². The van der Waals surface area contributed by atoms with Crippen LogP contribution in [0.5, 0.6) is 5.75 Å². The number of nitrogens with zero attached hydrogens (tertiary/aromatic N) is 1. The average molecular weight is 399 g/mol. The first-order valence-corrected chi connectivity index (χ1v) is 10.5. The summed E-state index contributed by atoms with van der Waals surface area (Å²) in [6, 6.07) is 1.49. The lowest BCUT2D eigenvalue weighted by Gasteiger charge is -2.30. The molecule has 0 spiro atoms. The number of halogens is 1. The van der Waals surface area contributed by atoms with Gasteiger partial charge >= 0.3 is 10.2 Å².